The quantitative estimate of drug-likeness (QED) is 0.813. The van der Waals surface area contributed by atoms with Crippen molar-refractivity contribution >= 4 is 29.0 Å². The Morgan fingerprint density at radius 1 is 1.47 bits per heavy atom. The predicted molar refractivity (Wildman–Crippen MR) is 83.0 cm³/mol. The summed E-state index contributed by atoms with van der Waals surface area (Å²) in [6.45, 7) is 6.47. The summed E-state index contributed by atoms with van der Waals surface area (Å²) >= 11 is 1.99. The van der Waals surface area contributed by atoms with Gasteiger partial charge in [-0.25, -0.2) is 0 Å². The predicted octanol–water partition coefficient (Wildman–Crippen LogP) is 1.96. The first-order valence-electron chi connectivity index (χ1n) is 6.43. The van der Waals surface area contributed by atoms with Crippen molar-refractivity contribution in [3.8, 4) is 0 Å². The SMILES string of the molecule is CNC(=O)c1ccc(N2CCSC(C)(C)C2)c(N)c1. The number of nitrogens with zero attached hydrogens (tertiary/aromatic N) is 1. The smallest absolute Gasteiger partial charge is 0.251 e. The Morgan fingerprint density at radius 2 is 2.21 bits per heavy atom. The van der Waals surface area contributed by atoms with Gasteiger partial charge in [-0.3, -0.25) is 4.79 Å². The lowest BCUT2D eigenvalue weighted by atomic mass is 10.1. The molecule has 5 heteroatoms. The summed E-state index contributed by atoms with van der Waals surface area (Å²) < 4.78 is 0.240. The van der Waals surface area contributed by atoms with Gasteiger partial charge in [-0.2, -0.15) is 11.8 Å². The summed E-state index contributed by atoms with van der Waals surface area (Å²) in [4.78, 5) is 13.9. The summed E-state index contributed by atoms with van der Waals surface area (Å²) in [5.74, 6) is 0.997. The maximum atomic E-state index is 11.6. The number of nitrogen functional groups attached to an aromatic ring is 1. The average molecular weight is 279 g/mol. The lowest BCUT2D eigenvalue weighted by molar-refractivity contribution is 0.0963. The number of rotatable bonds is 2. The van der Waals surface area contributed by atoms with Crippen LogP contribution in [-0.2, 0) is 0 Å². The molecule has 0 aliphatic carbocycles. The summed E-state index contributed by atoms with van der Waals surface area (Å²) in [6.07, 6.45) is 0. The zero-order valence-corrected chi connectivity index (χ0v) is 12.5. The number of nitrogens with two attached hydrogens (primary N) is 1. The average Bonchev–Trinajstić information content (AvgIpc) is 2.36. The molecule has 0 radical (unpaired) electrons. The molecule has 0 saturated carbocycles. The molecule has 1 aliphatic rings. The third-order valence-corrected chi connectivity index (χ3v) is 4.58. The highest BCUT2D eigenvalue weighted by molar-refractivity contribution is 8.00. The topological polar surface area (TPSA) is 58.4 Å². The molecule has 1 aliphatic heterocycles. The molecule has 4 nitrogen and oxygen atoms in total. The van der Waals surface area contributed by atoms with Gasteiger partial charge in [0.1, 0.15) is 0 Å². The molecule has 1 amide bonds. The van der Waals surface area contributed by atoms with Crippen LogP contribution in [0.5, 0.6) is 0 Å². The van der Waals surface area contributed by atoms with E-state index in [0.29, 0.717) is 11.3 Å². The summed E-state index contributed by atoms with van der Waals surface area (Å²) in [5.41, 5.74) is 8.41. The number of amides is 1. The van der Waals surface area contributed by atoms with E-state index < -0.39 is 0 Å². The van der Waals surface area contributed by atoms with E-state index in [9.17, 15) is 4.79 Å². The Labute approximate surface area is 118 Å². The minimum Gasteiger partial charge on any atom is -0.397 e. The monoisotopic (exact) mass is 279 g/mol. The first-order chi connectivity index (χ1) is 8.93. The molecular formula is C14H21N3OS. The van der Waals surface area contributed by atoms with E-state index in [4.69, 9.17) is 5.73 Å². The second-order valence-corrected chi connectivity index (χ2v) is 7.18. The molecule has 0 spiro atoms. The first kappa shape index (κ1) is 14.1. The van der Waals surface area contributed by atoms with E-state index in [-0.39, 0.29) is 10.7 Å². The molecule has 1 saturated heterocycles. The molecule has 2 rings (SSSR count). The van der Waals surface area contributed by atoms with Crippen molar-refractivity contribution in [1.29, 1.82) is 0 Å². The normalized spacial score (nSPS) is 18.2. The van der Waals surface area contributed by atoms with Crippen LogP contribution in [-0.4, -0.2) is 36.5 Å². The van der Waals surface area contributed by atoms with Crippen molar-refractivity contribution in [2.75, 3.05) is 36.5 Å². The number of benzene rings is 1. The van der Waals surface area contributed by atoms with Crippen LogP contribution in [0, 0.1) is 0 Å². The summed E-state index contributed by atoms with van der Waals surface area (Å²) in [6, 6.07) is 5.54. The molecule has 19 heavy (non-hydrogen) atoms. The minimum atomic E-state index is -0.104. The van der Waals surface area contributed by atoms with Gasteiger partial charge in [-0.05, 0) is 32.0 Å². The number of nitrogens with one attached hydrogen (secondary N) is 1. The maximum absolute atomic E-state index is 11.6. The van der Waals surface area contributed by atoms with E-state index in [0.717, 1.165) is 24.5 Å². The van der Waals surface area contributed by atoms with Gasteiger partial charge in [0.25, 0.3) is 5.91 Å². The number of carbonyl (C=O) groups excluding carboxylic acids is 1. The van der Waals surface area contributed by atoms with Gasteiger partial charge < -0.3 is 16.0 Å². The van der Waals surface area contributed by atoms with E-state index >= 15 is 0 Å². The highest BCUT2D eigenvalue weighted by Crippen LogP contribution is 2.34. The summed E-state index contributed by atoms with van der Waals surface area (Å²) in [5, 5.41) is 2.61. The second-order valence-electron chi connectivity index (χ2n) is 5.38. The van der Waals surface area contributed by atoms with Crippen LogP contribution in [0.25, 0.3) is 0 Å². The van der Waals surface area contributed by atoms with Crippen LogP contribution in [0.2, 0.25) is 0 Å². The zero-order chi connectivity index (χ0) is 14.0. The highest BCUT2D eigenvalue weighted by Gasteiger charge is 2.28. The molecular weight excluding hydrogens is 258 g/mol. The molecule has 0 atom stereocenters. The molecule has 104 valence electrons. The van der Waals surface area contributed by atoms with Gasteiger partial charge in [0.2, 0.25) is 0 Å². The van der Waals surface area contributed by atoms with Crippen molar-refractivity contribution in [2.24, 2.45) is 0 Å². The fraction of sp³-hybridized carbons (Fsp3) is 0.500. The number of thioether (sulfide) groups is 1. The highest BCUT2D eigenvalue weighted by atomic mass is 32.2. The third kappa shape index (κ3) is 3.15. The Balaban J connectivity index is 2.23. The van der Waals surface area contributed by atoms with Gasteiger partial charge in [-0.1, -0.05) is 0 Å². The first-order valence-corrected chi connectivity index (χ1v) is 7.42. The maximum Gasteiger partial charge on any atom is 0.251 e. The van der Waals surface area contributed by atoms with E-state index in [1.165, 1.54) is 0 Å². The summed E-state index contributed by atoms with van der Waals surface area (Å²) in [7, 11) is 1.62. The molecule has 3 N–H and O–H groups in total. The van der Waals surface area contributed by atoms with Gasteiger partial charge in [0.05, 0.1) is 11.4 Å². The lowest BCUT2D eigenvalue weighted by Crippen LogP contribution is -2.43. The van der Waals surface area contributed by atoms with E-state index in [2.05, 4.69) is 24.1 Å². The van der Waals surface area contributed by atoms with Crippen LogP contribution in [0.3, 0.4) is 0 Å². The number of anilines is 2. The fourth-order valence-corrected chi connectivity index (χ4v) is 3.46. The van der Waals surface area contributed by atoms with Gasteiger partial charge in [0, 0.05) is 36.2 Å². The Morgan fingerprint density at radius 3 is 2.79 bits per heavy atom. The fourth-order valence-electron chi connectivity index (χ4n) is 2.35. The largest absolute Gasteiger partial charge is 0.397 e. The van der Waals surface area contributed by atoms with Crippen LogP contribution in [0.4, 0.5) is 11.4 Å². The van der Waals surface area contributed by atoms with Crippen LogP contribution in [0.15, 0.2) is 18.2 Å². The molecule has 1 fully saturated rings. The molecule has 1 aromatic rings. The van der Waals surface area contributed by atoms with E-state index in [1.807, 2.05) is 23.9 Å². The number of carbonyl (C=O) groups is 1. The Kier molecular flexibility index (Phi) is 3.94. The van der Waals surface area contributed by atoms with Gasteiger partial charge in [-0.15, -0.1) is 0 Å². The van der Waals surface area contributed by atoms with Crippen molar-refractivity contribution in [3.63, 3.8) is 0 Å². The number of hydrogen-bond donors (Lipinski definition) is 2. The molecule has 0 unspecified atom stereocenters. The zero-order valence-electron chi connectivity index (χ0n) is 11.7. The van der Waals surface area contributed by atoms with Crippen molar-refractivity contribution in [2.45, 2.75) is 18.6 Å². The Hall–Kier alpha value is -1.36. The van der Waals surface area contributed by atoms with E-state index in [1.54, 1.807) is 13.1 Å². The third-order valence-electron chi connectivity index (χ3n) is 3.28. The van der Waals surface area contributed by atoms with Crippen LogP contribution in [0.1, 0.15) is 24.2 Å². The van der Waals surface area contributed by atoms with Crippen LogP contribution >= 0.6 is 11.8 Å². The minimum absolute atomic E-state index is 0.104. The molecule has 0 bridgehead atoms. The van der Waals surface area contributed by atoms with Crippen molar-refractivity contribution < 1.29 is 4.79 Å². The molecule has 0 aromatic heterocycles. The Bertz CT molecular complexity index is 488. The van der Waals surface area contributed by atoms with Crippen molar-refractivity contribution in [3.05, 3.63) is 23.8 Å². The van der Waals surface area contributed by atoms with Gasteiger partial charge in [0.15, 0.2) is 0 Å². The molecule has 1 aromatic carbocycles. The second kappa shape index (κ2) is 5.33. The standard InChI is InChI=1S/C14H21N3OS/c1-14(2)9-17(6-7-19-14)12-5-4-10(8-11(12)15)13(18)16-3/h4-5,8H,6-7,9,15H2,1-3H3,(H,16,18). The number of hydrogen-bond acceptors (Lipinski definition) is 4. The van der Waals surface area contributed by atoms with Gasteiger partial charge >= 0.3 is 0 Å². The van der Waals surface area contributed by atoms with Crippen LogP contribution < -0.4 is 16.0 Å². The van der Waals surface area contributed by atoms with Crippen molar-refractivity contribution in [1.82, 2.24) is 5.32 Å². The molecule has 1 heterocycles. The lowest BCUT2D eigenvalue weighted by Gasteiger charge is -2.39.